The van der Waals surface area contributed by atoms with E-state index < -0.39 is 17.5 Å². The number of aromatic nitrogens is 1. The highest BCUT2D eigenvalue weighted by molar-refractivity contribution is 6.11. The van der Waals surface area contributed by atoms with E-state index in [9.17, 15) is 14.7 Å². The number of carbonyl (C=O) groups is 2. The van der Waals surface area contributed by atoms with E-state index in [0.717, 1.165) is 0 Å². The molecular weight excluding hydrogens is 330 g/mol. The van der Waals surface area contributed by atoms with Crippen molar-refractivity contribution in [1.82, 2.24) is 4.98 Å². The number of ether oxygens (including phenoxy) is 2. The molecule has 134 valence electrons. The molecule has 1 atom stereocenters. The zero-order valence-corrected chi connectivity index (χ0v) is 13.9. The van der Waals surface area contributed by atoms with Gasteiger partial charge in [-0.25, -0.2) is 4.79 Å². The maximum atomic E-state index is 12.2. The Morgan fingerprint density at radius 2 is 2.08 bits per heavy atom. The number of carboxylic acid groups (broad SMARTS) is 1. The molecule has 2 heterocycles. The lowest BCUT2D eigenvalue weighted by atomic mass is 10.1. The fourth-order valence-electron chi connectivity index (χ4n) is 2.41. The van der Waals surface area contributed by atoms with Crippen molar-refractivity contribution in [2.45, 2.75) is 12.5 Å². The number of nitrogens with one attached hydrogen (secondary N) is 1. The molecule has 0 radical (unpaired) electrons. The van der Waals surface area contributed by atoms with Gasteiger partial charge in [0.2, 0.25) is 5.60 Å². The monoisotopic (exact) mass is 349 g/mol. The highest BCUT2D eigenvalue weighted by atomic mass is 16.5. The summed E-state index contributed by atoms with van der Waals surface area (Å²) in [5.74, 6) is -2.15. The normalized spacial score (nSPS) is 17.3. The summed E-state index contributed by atoms with van der Waals surface area (Å²) in [6, 6.07) is 5.42. The summed E-state index contributed by atoms with van der Waals surface area (Å²) in [5, 5.41) is 11.7. The Morgan fingerprint density at radius 3 is 2.72 bits per heavy atom. The second kappa shape index (κ2) is 6.69. The third-order valence-corrected chi connectivity index (χ3v) is 4.17. The van der Waals surface area contributed by atoms with Gasteiger partial charge in [0.25, 0.3) is 11.9 Å². The lowest BCUT2D eigenvalue weighted by Crippen LogP contribution is -2.48. The summed E-state index contributed by atoms with van der Waals surface area (Å²) < 4.78 is 15.9. The maximum Gasteiger partial charge on any atom is 0.345 e. The Kier molecular flexibility index (Phi) is 4.60. The van der Waals surface area contributed by atoms with Crippen LogP contribution in [0.3, 0.4) is 0 Å². The van der Waals surface area contributed by atoms with Crippen LogP contribution in [0.15, 0.2) is 22.6 Å². The van der Waals surface area contributed by atoms with E-state index in [1.165, 1.54) is 14.0 Å². The van der Waals surface area contributed by atoms with Crippen LogP contribution < -0.4 is 10.2 Å². The van der Waals surface area contributed by atoms with E-state index in [1.54, 1.807) is 18.2 Å². The number of aliphatic carboxylic acids is 1. The predicted octanol–water partition coefficient (Wildman–Crippen LogP) is 1.09. The fourth-order valence-corrected chi connectivity index (χ4v) is 2.41. The SMILES string of the molecule is COC(C)(C(=O)O)C(=O)Nc1ccc2nc(N3CCOCC3)oc2c1. The fraction of sp³-hybridized carbons (Fsp3) is 0.438. The van der Waals surface area contributed by atoms with Crippen LogP contribution in [0.4, 0.5) is 11.7 Å². The Bertz CT molecular complexity index is 798. The van der Waals surface area contributed by atoms with Gasteiger partial charge in [-0.3, -0.25) is 4.79 Å². The first kappa shape index (κ1) is 17.2. The minimum absolute atomic E-state index is 0.395. The van der Waals surface area contributed by atoms with Gasteiger partial charge < -0.3 is 29.2 Å². The number of fused-ring (bicyclic) bond motifs is 1. The number of anilines is 2. The molecule has 0 saturated carbocycles. The number of rotatable bonds is 5. The van der Waals surface area contributed by atoms with E-state index >= 15 is 0 Å². The van der Waals surface area contributed by atoms with Gasteiger partial charge in [-0.2, -0.15) is 4.98 Å². The molecule has 1 aromatic carbocycles. The molecular formula is C16H19N3O6. The average molecular weight is 349 g/mol. The minimum atomic E-state index is -1.98. The number of hydrogen-bond donors (Lipinski definition) is 2. The number of benzene rings is 1. The van der Waals surface area contributed by atoms with Crippen LogP contribution >= 0.6 is 0 Å². The molecule has 9 heteroatoms. The van der Waals surface area contributed by atoms with E-state index in [-0.39, 0.29) is 0 Å². The van der Waals surface area contributed by atoms with Gasteiger partial charge in [0.15, 0.2) is 5.58 Å². The van der Waals surface area contributed by atoms with Crippen molar-refractivity contribution in [3.63, 3.8) is 0 Å². The molecule has 2 N–H and O–H groups in total. The Balaban J connectivity index is 1.81. The van der Waals surface area contributed by atoms with Gasteiger partial charge in [0.05, 0.1) is 13.2 Å². The average Bonchev–Trinajstić information content (AvgIpc) is 3.04. The largest absolute Gasteiger partial charge is 0.479 e. The molecule has 1 fully saturated rings. The predicted molar refractivity (Wildman–Crippen MR) is 88.7 cm³/mol. The van der Waals surface area contributed by atoms with Gasteiger partial charge in [0.1, 0.15) is 5.52 Å². The lowest BCUT2D eigenvalue weighted by Gasteiger charge is -2.24. The van der Waals surface area contributed by atoms with E-state index in [2.05, 4.69) is 10.3 Å². The Labute approximate surface area is 143 Å². The molecule has 1 unspecified atom stereocenters. The lowest BCUT2D eigenvalue weighted by molar-refractivity contribution is -0.165. The maximum absolute atomic E-state index is 12.2. The van der Waals surface area contributed by atoms with Crippen LogP contribution in [0.5, 0.6) is 0 Å². The van der Waals surface area contributed by atoms with Crippen LogP contribution in [0.1, 0.15) is 6.92 Å². The minimum Gasteiger partial charge on any atom is -0.479 e. The molecule has 0 bridgehead atoms. The number of amides is 1. The zero-order valence-electron chi connectivity index (χ0n) is 13.9. The topological polar surface area (TPSA) is 114 Å². The summed E-state index contributed by atoms with van der Waals surface area (Å²) in [6.07, 6.45) is 0. The number of methoxy groups -OCH3 is 1. The molecule has 1 aliphatic rings. The van der Waals surface area contributed by atoms with Gasteiger partial charge in [-0.05, 0) is 19.1 Å². The smallest absolute Gasteiger partial charge is 0.345 e. The Hall–Kier alpha value is -2.65. The van der Waals surface area contributed by atoms with Gasteiger partial charge in [-0.1, -0.05) is 0 Å². The van der Waals surface area contributed by atoms with Crippen molar-refractivity contribution in [1.29, 1.82) is 0 Å². The number of carbonyl (C=O) groups excluding carboxylic acids is 1. The molecule has 25 heavy (non-hydrogen) atoms. The first-order valence-electron chi connectivity index (χ1n) is 7.77. The summed E-state index contributed by atoms with van der Waals surface area (Å²) in [4.78, 5) is 29.9. The zero-order chi connectivity index (χ0) is 18.0. The van der Waals surface area contributed by atoms with E-state index in [4.69, 9.17) is 13.9 Å². The van der Waals surface area contributed by atoms with Crippen LogP contribution in [0.25, 0.3) is 11.1 Å². The summed E-state index contributed by atoms with van der Waals surface area (Å²) in [5.41, 5.74) is -0.442. The van der Waals surface area contributed by atoms with Crippen LogP contribution in [-0.4, -0.2) is 61.0 Å². The molecule has 1 amide bonds. The van der Waals surface area contributed by atoms with Crippen molar-refractivity contribution in [3.8, 4) is 0 Å². The summed E-state index contributed by atoms with van der Waals surface area (Å²) in [6.45, 7) is 3.81. The van der Waals surface area contributed by atoms with Crippen molar-refractivity contribution in [3.05, 3.63) is 18.2 Å². The highest BCUT2D eigenvalue weighted by Gasteiger charge is 2.41. The molecule has 1 aliphatic heterocycles. The number of oxazole rings is 1. The van der Waals surface area contributed by atoms with E-state index in [0.29, 0.717) is 49.1 Å². The molecule has 0 aliphatic carbocycles. The first-order valence-corrected chi connectivity index (χ1v) is 7.77. The number of morpholine rings is 1. The number of hydrogen-bond acceptors (Lipinski definition) is 7. The summed E-state index contributed by atoms with van der Waals surface area (Å²) in [7, 11) is 1.17. The third-order valence-electron chi connectivity index (χ3n) is 4.17. The van der Waals surface area contributed by atoms with Crippen molar-refractivity contribution >= 4 is 34.7 Å². The standard InChI is InChI=1S/C16H19N3O6/c1-16(23-2,14(21)22)13(20)17-10-3-4-11-12(9-10)25-15(18-11)19-5-7-24-8-6-19/h3-4,9H,5-8H2,1-2H3,(H,17,20)(H,21,22). The highest BCUT2D eigenvalue weighted by Crippen LogP contribution is 2.26. The molecule has 3 rings (SSSR count). The quantitative estimate of drug-likeness (QED) is 0.771. The number of carboxylic acids is 1. The first-order chi connectivity index (χ1) is 11.9. The van der Waals surface area contributed by atoms with Crippen molar-refractivity contribution in [2.75, 3.05) is 43.6 Å². The number of nitrogens with zero attached hydrogens (tertiary/aromatic N) is 2. The summed E-state index contributed by atoms with van der Waals surface area (Å²) >= 11 is 0. The van der Waals surface area contributed by atoms with Gasteiger partial charge >= 0.3 is 5.97 Å². The molecule has 2 aromatic rings. The molecule has 1 saturated heterocycles. The van der Waals surface area contributed by atoms with Gasteiger partial charge in [0, 0.05) is 32.0 Å². The molecule has 9 nitrogen and oxygen atoms in total. The second-order valence-corrected chi connectivity index (χ2v) is 5.78. The van der Waals surface area contributed by atoms with Crippen LogP contribution in [0.2, 0.25) is 0 Å². The third kappa shape index (κ3) is 3.28. The van der Waals surface area contributed by atoms with Crippen molar-refractivity contribution < 1.29 is 28.6 Å². The molecule has 1 aromatic heterocycles. The second-order valence-electron chi connectivity index (χ2n) is 5.78. The van der Waals surface area contributed by atoms with E-state index in [1.807, 2.05) is 4.90 Å². The molecule has 0 spiro atoms. The van der Waals surface area contributed by atoms with Crippen molar-refractivity contribution in [2.24, 2.45) is 0 Å². The van der Waals surface area contributed by atoms with Crippen LogP contribution in [0, 0.1) is 0 Å². The Morgan fingerprint density at radius 1 is 1.36 bits per heavy atom. The van der Waals surface area contributed by atoms with Gasteiger partial charge in [-0.15, -0.1) is 0 Å². The van der Waals surface area contributed by atoms with Crippen LogP contribution in [-0.2, 0) is 19.1 Å².